The van der Waals surface area contributed by atoms with Gasteiger partial charge in [0, 0.05) is 24.3 Å². The molecule has 0 spiro atoms. The van der Waals surface area contributed by atoms with E-state index in [2.05, 4.69) is 31.3 Å². The lowest BCUT2D eigenvalue weighted by molar-refractivity contribution is -0.119. The molecule has 0 amide bonds. The van der Waals surface area contributed by atoms with Crippen LogP contribution in [0.4, 0.5) is 0 Å². The Kier molecular flexibility index (Phi) is 4.74. The molecule has 0 saturated carbocycles. The molecule has 0 aromatic heterocycles. The number of ketones is 1. The van der Waals surface area contributed by atoms with Gasteiger partial charge in [-0.2, -0.15) is 0 Å². The highest BCUT2D eigenvalue weighted by Crippen LogP contribution is 2.44. The summed E-state index contributed by atoms with van der Waals surface area (Å²) in [6, 6.07) is 9.90. The SMILES string of the molecule is CCOCN1C(=S)NC2=C(C(=O)CC(C)(C)C2)C1c1ccccc1. The molecule has 1 N–H and O–H groups in total. The maximum absolute atomic E-state index is 12.9. The van der Waals surface area contributed by atoms with Gasteiger partial charge in [-0.25, -0.2) is 0 Å². The molecule has 4 nitrogen and oxygen atoms in total. The van der Waals surface area contributed by atoms with Crippen LogP contribution in [0.15, 0.2) is 41.6 Å². The van der Waals surface area contributed by atoms with Gasteiger partial charge in [-0.05, 0) is 36.5 Å². The molecule has 0 bridgehead atoms. The summed E-state index contributed by atoms with van der Waals surface area (Å²) in [4.78, 5) is 14.9. The topological polar surface area (TPSA) is 41.6 Å². The van der Waals surface area contributed by atoms with E-state index in [4.69, 9.17) is 17.0 Å². The number of nitrogens with zero attached hydrogens (tertiary/aromatic N) is 1. The van der Waals surface area contributed by atoms with E-state index >= 15 is 0 Å². The van der Waals surface area contributed by atoms with Crippen LogP contribution in [0.3, 0.4) is 0 Å². The average Bonchev–Trinajstić information content (AvgIpc) is 2.52. The van der Waals surface area contributed by atoms with Crippen molar-refractivity contribution >= 4 is 23.1 Å². The Morgan fingerprint density at radius 3 is 2.67 bits per heavy atom. The minimum absolute atomic E-state index is 0.0398. The van der Waals surface area contributed by atoms with Crippen LogP contribution in [0, 0.1) is 5.41 Å². The first-order chi connectivity index (χ1) is 11.4. The van der Waals surface area contributed by atoms with E-state index in [1.807, 2.05) is 30.0 Å². The molecule has 1 aliphatic heterocycles. The van der Waals surface area contributed by atoms with E-state index in [0.29, 0.717) is 24.9 Å². The Morgan fingerprint density at radius 1 is 1.29 bits per heavy atom. The molecule has 1 aromatic rings. The number of ether oxygens (including phenoxy) is 1. The van der Waals surface area contributed by atoms with Crippen LogP contribution in [0.5, 0.6) is 0 Å². The molecule has 0 radical (unpaired) electrons. The maximum Gasteiger partial charge on any atom is 0.175 e. The summed E-state index contributed by atoms with van der Waals surface area (Å²) >= 11 is 5.59. The second kappa shape index (κ2) is 6.65. The first kappa shape index (κ1) is 17.1. The van der Waals surface area contributed by atoms with E-state index < -0.39 is 0 Å². The smallest absolute Gasteiger partial charge is 0.175 e. The van der Waals surface area contributed by atoms with Gasteiger partial charge in [-0.15, -0.1) is 0 Å². The zero-order chi connectivity index (χ0) is 17.3. The van der Waals surface area contributed by atoms with Crippen molar-refractivity contribution in [3.63, 3.8) is 0 Å². The number of rotatable bonds is 4. The minimum atomic E-state index is -0.176. The predicted octanol–water partition coefficient (Wildman–Crippen LogP) is 3.56. The second-order valence-corrected chi connectivity index (χ2v) is 7.55. The largest absolute Gasteiger partial charge is 0.361 e. The lowest BCUT2D eigenvalue weighted by Crippen LogP contribution is -2.51. The van der Waals surface area contributed by atoms with Crippen LogP contribution < -0.4 is 5.32 Å². The summed E-state index contributed by atoms with van der Waals surface area (Å²) in [5.41, 5.74) is 2.85. The third-order valence-electron chi connectivity index (χ3n) is 4.57. The number of benzene rings is 1. The molecule has 0 saturated heterocycles. The first-order valence-corrected chi connectivity index (χ1v) is 8.80. The average molecular weight is 344 g/mol. The molecule has 2 aliphatic rings. The highest BCUT2D eigenvalue weighted by Gasteiger charge is 2.42. The number of thiocarbonyl (C=S) groups is 1. The van der Waals surface area contributed by atoms with Crippen molar-refractivity contribution in [2.75, 3.05) is 13.3 Å². The lowest BCUT2D eigenvalue weighted by Gasteiger charge is -2.44. The van der Waals surface area contributed by atoms with Crippen LogP contribution in [-0.2, 0) is 9.53 Å². The van der Waals surface area contributed by atoms with Crippen molar-refractivity contribution in [3.8, 4) is 0 Å². The lowest BCUT2D eigenvalue weighted by atomic mass is 9.72. The van der Waals surface area contributed by atoms with Gasteiger partial charge in [-0.1, -0.05) is 44.2 Å². The van der Waals surface area contributed by atoms with Crippen molar-refractivity contribution in [1.82, 2.24) is 10.2 Å². The normalized spacial score (nSPS) is 23.1. The van der Waals surface area contributed by atoms with Gasteiger partial charge in [-0.3, -0.25) is 4.79 Å². The Morgan fingerprint density at radius 2 is 2.00 bits per heavy atom. The Labute approximate surface area is 148 Å². The summed E-state index contributed by atoms with van der Waals surface area (Å²) in [7, 11) is 0. The van der Waals surface area contributed by atoms with Crippen LogP contribution in [-0.4, -0.2) is 29.1 Å². The molecule has 24 heavy (non-hydrogen) atoms. The van der Waals surface area contributed by atoms with Gasteiger partial charge >= 0.3 is 0 Å². The van der Waals surface area contributed by atoms with E-state index in [1.165, 1.54) is 0 Å². The third-order valence-corrected chi connectivity index (χ3v) is 4.91. The predicted molar refractivity (Wildman–Crippen MR) is 98.3 cm³/mol. The monoisotopic (exact) mass is 344 g/mol. The molecule has 5 heteroatoms. The van der Waals surface area contributed by atoms with Crippen molar-refractivity contribution in [2.45, 2.75) is 39.7 Å². The number of Topliss-reactive ketones (excluding diaryl/α,β-unsaturated/α-hetero) is 1. The molecular weight excluding hydrogens is 320 g/mol. The number of hydrogen-bond acceptors (Lipinski definition) is 3. The van der Waals surface area contributed by atoms with E-state index in [9.17, 15) is 4.79 Å². The quantitative estimate of drug-likeness (QED) is 0.846. The fourth-order valence-electron chi connectivity index (χ4n) is 3.54. The minimum Gasteiger partial charge on any atom is -0.361 e. The van der Waals surface area contributed by atoms with Crippen molar-refractivity contribution < 1.29 is 9.53 Å². The maximum atomic E-state index is 12.9. The highest BCUT2D eigenvalue weighted by atomic mass is 32.1. The van der Waals surface area contributed by atoms with Gasteiger partial charge in [0.05, 0.1) is 6.04 Å². The summed E-state index contributed by atoms with van der Waals surface area (Å²) in [5.74, 6) is 0.201. The van der Waals surface area contributed by atoms with Crippen LogP contribution in [0.2, 0.25) is 0 Å². The molecular formula is C19H24N2O2S. The summed E-state index contributed by atoms with van der Waals surface area (Å²) in [5, 5.41) is 3.93. The number of allylic oxidation sites excluding steroid dienone is 1. The van der Waals surface area contributed by atoms with Gasteiger partial charge < -0.3 is 15.0 Å². The molecule has 1 aliphatic carbocycles. The van der Waals surface area contributed by atoms with Crippen molar-refractivity contribution in [1.29, 1.82) is 0 Å². The van der Waals surface area contributed by atoms with E-state index in [1.54, 1.807) is 0 Å². The molecule has 1 aromatic carbocycles. The number of carbonyl (C=O) groups is 1. The Balaban J connectivity index is 2.08. The van der Waals surface area contributed by atoms with E-state index in [-0.39, 0.29) is 17.2 Å². The zero-order valence-corrected chi connectivity index (χ0v) is 15.3. The summed E-state index contributed by atoms with van der Waals surface area (Å²) in [6.45, 7) is 7.19. The van der Waals surface area contributed by atoms with Crippen molar-refractivity contribution in [3.05, 3.63) is 47.2 Å². The van der Waals surface area contributed by atoms with Gasteiger partial charge in [0.25, 0.3) is 0 Å². The molecule has 3 rings (SSSR count). The highest BCUT2D eigenvalue weighted by molar-refractivity contribution is 7.80. The van der Waals surface area contributed by atoms with Gasteiger partial charge in [0.15, 0.2) is 10.9 Å². The van der Waals surface area contributed by atoms with Crippen LogP contribution in [0.1, 0.15) is 45.2 Å². The first-order valence-electron chi connectivity index (χ1n) is 8.39. The van der Waals surface area contributed by atoms with Gasteiger partial charge in [0.2, 0.25) is 0 Å². The molecule has 1 heterocycles. The fraction of sp³-hybridized carbons (Fsp3) is 0.474. The molecule has 1 atom stereocenters. The Bertz CT molecular complexity index is 682. The van der Waals surface area contributed by atoms with Gasteiger partial charge in [0.1, 0.15) is 6.73 Å². The Hall–Kier alpha value is -1.72. The molecule has 128 valence electrons. The van der Waals surface area contributed by atoms with Crippen LogP contribution >= 0.6 is 12.2 Å². The van der Waals surface area contributed by atoms with Crippen molar-refractivity contribution in [2.24, 2.45) is 5.41 Å². The summed E-state index contributed by atoms with van der Waals surface area (Å²) in [6.07, 6.45) is 1.39. The fourth-order valence-corrected chi connectivity index (χ4v) is 3.82. The molecule has 1 unspecified atom stereocenters. The zero-order valence-electron chi connectivity index (χ0n) is 14.5. The molecule has 0 fully saturated rings. The standard InChI is InChI=1S/C19H24N2O2S/c1-4-23-12-21-17(13-8-6-5-7-9-13)16-14(20-18(21)24)10-19(2,3)11-15(16)22/h5-9,17H,4,10-12H2,1-3H3,(H,20,24). The number of hydrogen-bond donors (Lipinski definition) is 1. The summed E-state index contributed by atoms with van der Waals surface area (Å²) < 4.78 is 5.62. The second-order valence-electron chi connectivity index (χ2n) is 7.17. The third kappa shape index (κ3) is 3.23. The number of nitrogens with one attached hydrogen (secondary N) is 1. The van der Waals surface area contributed by atoms with Crippen LogP contribution in [0.25, 0.3) is 0 Å². The van der Waals surface area contributed by atoms with E-state index in [0.717, 1.165) is 23.3 Å². The number of carbonyl (C=O) groups excluding carboxylic acids is 1.